The molecule has 0 N–H and O–H groups in total. The highest BCUT2D eigenvalue weighted by atomic mass is 32.1. The van der Waals surface area contributed by atoms with Crippen LogP contribution in [-0.2, 0) is 0 Å². The van der Waals surface area contributed by atoms with Gasteiger partial charge in [0.25, 0.3) is 0 Å². The number of hydrogen-bond acceptors (Lipinski definition) is 4. The van der Waals surface area contributed by atoms with Gasteiger partial charge in [-0.15, -0.1) is 11.3 Å². The van der Waals surface area contributed by atoms with Crippen LogP contribution in [0.4, 0.5) is 0 Å². The minimum atomic E-state index is 0.0250. The van der Waals surface area contributed by atoms with Gasteiger partial charge in [0.05, 0.1) is 22.7 Å². The van der Waals surface area contributed by atoms with E-state index in [1.165, 1.54) is 11.3 Å². The third-order valence-electron chi connectivity index (χ3n) is 2.54. The number of ether oxygens (including phenoxy) is 1. The van der Waals surface area contributed by atoms with Crippen LogP contribution in [0, 0.1) is 6.92 Å². The number of carbonyl (C=O) groups excluding carboxylic acids is 1. The first-order valence-electron chi connectivity index (χ1n) is 5.90. The Morgan fingerprint density at radius 1 is 1.33 bits per heavy atom. The van der Waals surface area contributed by atoms with Gasteiger partial charge >= 0.3 is 0 Å². The van der Waals surface area contributed by atoms with Crippen molar-refractivity contribution in [2.24, 2.45) is 0 Å². The predicted octanol–water partition coefficient (Wildman–Crippen LogP) is 3.47. The van der Waals surface area contributed by atoms with E-state index >= 15 is 0 Å². The van der Waals surface area contributed by atoms with Gasteiger partial charge in [0.15, 0.2) is 0 Å². The average Bonchev–Trinajstić information content (AvgIpc) is 2.82. The number of ketones is 1. The Bertz CT molecular complexity index is 531. The zero-order chi connectivity index (χ0) is 13.0. The molecule has 0 fully saturated rings. The second-order valence-electron chi connectivity index (χ2n) is 3.97. The maximum absolute atomic E-state index is 12.2. The van der Waals surface area contributed by atoms with Crippen LogP contribution in [0.5, 0.6) is 5.75 Å². The van der Waals surface area contributed by atoms with Gasteiger partial charge in [0, 0.05) is 5.56 Å². The summed E-state index contributed by atoms with van der Waals surface area (Å²) < 4.78 is 5.48. The molecule has 0 saturated heterocycles. The molecular formula is C14H15NO2S. The summed E-state index contributed by atoms with van der Waals surface area (Å²) in [5, 5.41) is 0. The van der Waals surface area contributed by atoms with Crippen LogP contribution in [0.2, 0.25) is 0 Å². The number of thiazole rings is 1. The van der Waals surface area contributed by atoms with Gasteiger partial charge in [-0.2, -0.15) is 0 Å². The van der Waals surface area contributed by atoms with E-state index in [1.807, 2.05) is 19.1 Å². The van der Waals surface area contributed by atoms with Crippen molar-refractivity contribution in [1.29, 1.82) is 0 Å². The lowest BCUT2D eigenvalue weighted by atomic mass is 10.1. The minimum absolute atomic E-state index is 0.0250. The molecule has 1 aromatic heterocycles. The van der Waals surface area contributed by atoms with Gasteiger partial charge < -0.3 is 4.74 Å². The number of hydrogen-bond donors (Lipinski definition) is 0. The molecule has 0 amide bonds. The largest absolute Gasteiger partial charge is 0.494 e. The Morgan fingerprint density at radius 3 is 2.61 bits per heavy atom. The Balaban J connectivity index is 2.15. The molecule has 0 atom stereocenters. The third-order valence-corrected chi connectivity index (χ3v) is 3.47. The molecule has 94 valence electrons. The van der Waals surface area contributed by atoms with Crippen molar-refractivity contribution in [3.8, 4) is 5.75 Å². The van der Waals surface area contributed by atoms with Gasteiger partial charge in [-0.25, -0.2) is 4.98 Å². The van der Waals surface area contributed by atoms with Gasteiger partial charge in [-0.3, -0.25) is 4.79 Å². The highest BCUT2D eigenvalue weighted by molar-refractivity contribution is 7.12. The number of rotatable bonds is 5. The lowest BCUT2D eigenvalue weighted by Crippen LogP contribution is -2.01. The summed E-state index contributed by atoms with van der Waals surface area (Å²) in [5.41, 5.74) is 3.16. The fraction of sp³-hybridized carbons (Fsp3) is 0.286. The summed E-state index contributed by atoms with van der Waals surface area (Å²) >= 11 is 1.38. The number of aryl methyl sites for hydroxylation is 1. The molecule has 4 heteroatoms. The predicted molar refractivity (Wildman–Crippen MR) is 72.5 cm³/mol. The van der Waals surface area contributed by atoms with Crippen LogP contribution >= 0.6 is 11.3 Å². The highest BCUT2D eigenvalue weighted by Gasteiger charge is 2.13. The second-order valence-corrected chi connectivity index (χ2v) is 4.82. The van der Waals surface area contributed by atoms with Crippen molar-refractivity contribution in [3.63, 3.8) is 0 Å². The first-order chi connectivity index (χ1) is 8.72. The van der Waals surface area contributed by atoms with Gasteiger partial charge in [0.2, 0.25) is 5.78 Å². The molecular weight excluding hydrogens is 246 g/mol. The van der Waals surface area contributed by atoms with Gasteiger partial charge in [0.1, 0.15) is 5.75 Å². The molecule has 0 aliphatic heterocycles. The molecule has 2 aromatic rings. The molecule has 0 unspecified atom stereocenters. The van der Waals surface area contributed by atoms with Crippen LogP contribution in [0.1, 0.15) is 34.3 Å². The topological polar surface area (TPSA) is 39.2 Å². The number of benzene rings is 1. The van der Waals surface area contributed by atoms with Crippen molar-refractivity contribution < 1.29 is 9.53 Å². The molecule has 1 heterocycles. The molecule has 0 bridgehead atoms. The Morgan fingerprint density at radius 2 is 2.06 bits per heavy atom. The normalized spacial score (nSPS) is 10.3. The summed E-state index contributed by atoms with van der Waals surface area (Å²) in [6.45, 7) is 4.61. The fourth-order valence-electron chi connectivity index (χ4n) is 1.57. The van der Waals surface area contributed by atoms with Crippen LogP contribution < -0.4 is 4.74 Å². The summed E-state index contributed by atoms with van der Waals surface area (Å²) in [4.78, 5) is 17.0. The number of nitrogens with zero attached hydrogens (tertiary/aromatic N) is 1. The molecule has 0 saturated carbocycles. The van der Waals surface area contributed by atoms with Crippen LogP contribution in [0.3, 0.4) is 0 Å². The Hall–Kier alpha value is -1.68. The van der Waals surface area contributed by atoms with Crippen LogP contribution in [0.25, 0.3) is 0 Å². The first kappa shape index (κ1) is 12.8. The molecule has 0 aliphatic carbocycles. The third kappa shape index (κ3) is 2.76. The lowest BCUT2D eigenvalue weighted by molar-refractivity contribution is 0.104. The van der Waals surface area contributed by atoms with E-state index in [4.69, 9.17) is 4.74 Å². The van der Waals surface area contributed by atoms with Crippen molar-refractivity contribution in [2.45, 2.75) is 20.3 Å². The standard InChI is InChI=1S/C14H15NO2S/c1-3-8-17-12-6-4-11(5-7-12)13(16)14-10(2)15-9-18-14/h4-7,9H,3,8H2,1-2H3. The monoisotopic (exact) mass is 261 g/mol. The van der Waals surface area contributed by atoms with Crippen LogP contribution in [0.15, 0.2) is 29.8 Å². The quantitative estimate of drug-likeness (QED) is 0.774. The van der Waals surface area contributed by atoms with E-state index in [9.17, 15) is 4.79 Å². The minimum Gasteiger partial charge on any atom is -0.494 e. The highest BCUT2D eigenvalue weighted by Crippen LogP contribution is 2.19. The Labute approximate surface area is 110 Å². The maximum atomic E-state index is 12.2. The molecule has 0 radical (unpaired) electrons. The van der Waals surface area contributed by atoms with E-state index < -0.39 is 0 Å². The van der Waals surface area contributed by atoms with Gasteiger partial charge in [-0.05, 0) is 37.6 Å². The smallest absolute Gasteiger partial charge is 0.204 e. The van der Waals surface area contributed by atoms with Crippen molar-refractivity contribution in [3.05, 3.63) is 45.9 Å². The molecule has 0 aliphatic rings. The van der Waals surface area contributed by atoms with Crippen LogP contribution in [-0.4, -0.2) is 17.4 Å². The van der Waals surface area contributed by atoms with E-state index in [-0.39, 0.29) is 5.78 Å². The number of aromatic nitrogens is 1. The molecule has 3 nitrogen and oxygen atoms in total. The van der Waals surface area contributed by atoms with E-state index in [2.05, 4.69) is 11.9 Å². The second kappa shape index (κ2) is 5.78. The SMILES string of the molecule is CCCOc1ccc(C(=O)c2scnc2C)cc1. The summed E-state index contributed by atoms with van der Waals surface area (Å²) in [6.07, 6.45) is 0.973. The summed E-state index contributed by atoms with van der Waals surface area (Å²) in [7, 11) is 0. The lowest BCUT2D eigenvalue weighted by Gasteiger charge is -2.05. The molecule has 18 heavy (non-hydrogen) atoms. The summed E-state index contributed by atoms with van der Waals surface area (Å²) in [5.74, 6) is 0.825. The molecule has 2 rings (SSSR count). The number of carbonyl (C=O) groups is 1. The summed E-state index contributed by atoms with van der Waals surface area (Å²) in [6, 6.07) is 7.26. The average molecular weight is 261 g/mol. The molecule has 1 aromatic carbocycles. The van der Waals surface area contributed by atoms with Gasteiger partial charge in [-0.1, -0.05) is 6.92 Å². The van der Waals surface area contributed by atoms with E-state index in [0.29, 0.717) is 17.0 Å². The van der Waals surface area contributed by atoms with Crippen molar-refractivity contribution in [1.82, 2.24) is 4.98 Å². The van der Waals surface area contributed by atoms with Crippen molar-refractivity contribution in [2.75, 3.05) is 6.61 Å². The zero-order valence-electron chi connectivity index (χ0n) is 10.5. The Kier molecular flexibility index (Phi) is 4.10. The van der Waals surface area contributed by atoms with E-state index in [0.717, 1.165) is 17.9 Å². The van der Waals surface area contributed by atoms with E-state index in [1.54, 1.807) is 17.6 Å². The molecule has 0 spiro atoms. The fourth-order valence-corrected chi connectivity index (χ4v) is 2.34. The first-order valence-corrected chi connectivity index (χ1v) is 6.78. The van der Waals surface area contributed by atoms with Crippen molar-refractivity contribution >= 4 is 17.1 Å². The maximum Gasteiger partial charge on any atom is 0.204 e. The zero-order valence-corrected chi connectivity index (χ0v) is 11.3.